The highest BCUT2D eigenvalue weighted by Crippen LogP contribution is 2.22. The quantitative estimate of drug-likeness (QED) is 0.748. The molecule has 146 valence electrons. The molecule has 27 heavy (non-hydrogen) atoms. The van der Waals surface area contributed by atoms with E-state index in [0.29, 0.717) is 24.0 Å². The van der Waals surface area contributed by atoms with Gasteiger partial charge in [-0.1, -0.05) is 35.5 Å². The van der Waals surface area contributed by atoms with Crippen molar-refractivity contribution >= 4 is 5.91 Å². The van der Waals surface area contributed by atoms with Gasteiger partial charge in [0.1, 0.15) is 5.76 Å². The van der Waals surface area contributed by atoms with Gasteiger partial charge in [-0.25, -0.2) is 0 Å². The molecule has 0 atom stereocenters. The molecule has 6 nitrogen and oxygen atoms in total. The van der Waals surface area contributed by atoms with E-state index < -0.39 is 0 Å². The Labute approximate surface area is 161 Å². The molecule has 0 bridgehead atoms. The molecule has 1 saturated heterocycles. The smallest absolute Gasteiger partial charge is 0.276 e. The van der Waals surface area contributed by atoms with Crippen LogP contribution >= 0.6 is 0 Å². The molecular weight excluding hydrogens is 342 g/mol. The van der Waals surface area contributed by atoms with E-state index in [1.807, 2.05) is 7.05 Å². The molecule has 0 radical (unpaired) electrons. The number of aromatic nitrogens is 1. The minimum absolute atomic E-state index is 0.0920. The zero-order valence-electron chi connectivity index (χ0n) is 16.5. The molecule has 1 aliphatic rings. The van der Waals surface area contributed by atoms with Crippen LogP contribution in [0.5, 0.6) is 0 Å². The lowest BCUT2D eigenvalue weighted by atomic mass is 9.95. The van der Waals surface area contributed by atoms with E-state index in [2.05, 4.69) is 40.4 Å². The summed E-state index contributed by atoms with van der Waals surface area (Å²) in [5.74, 6) is 1.07. The second-order valence-corrected chi connectivity index (χ2v) is 7.39. The minimum atomic E-state index is -0.0920. The van der Waals surface area contributed by atoms with Crippen molar-refractivity contribution in [2.24, 2.45) is 5.92 Å². The molecule has 2 heterocycles. The number of hydrogen-bond acceptors (Lipinski definition) is 5. The average Bonchev–Trinajstić information content (AvgIpc) is 3.04. The maximum absolute atomic E-state index is 12.8. The zero-order valence-corrected chi connectivity index (χ0v) is 16.5. The van der Waals surface area contributed by atoms with Crippen molar-refractivity contribution in [3.8, 4) is 0 Å². The Balaban J connectivity index is 1.50. The maximum Gasteiger partial charge on any atom is 0.276 e. The molecule has 6 heteroatoms. The highest BCUT2D eigenvalue weighted by molar-refractivity contribution is 5.93. The van der Waals surface area contributed by atoms with Crippen molar-refractivity contribution in [3.63, 3.8) is 0 Å². The molecule has 1 aromatic heterocycles. The molecule has 1 aromatic carbocycles. The summed E-state index contributed by atoms with van der Waals surface area (Å²) in [5.41, 5.74) is 2.47. The van der Waals surface area contributed by atoms with E-state index >= 15 is 0 Å². The molecule has 3 rings (SSSR count). The molecule has 1 fully saturated rings. The highest BCUT2D eigenvalue weighted by atomic mass is 16.5. The van der Waals surface area contributed by atoms with Gasteiger partial charge in [0, 0.05) is 27.2 Å². The maximum atomic E-state index is 12.8. The van der Waals surface area contributed by atoms with Crippen LogP contribution in [0.4, 0.5) is 0 Å². The number of benzene rings is 1. The van der Waals surface area contributed by atoms with Crippen LogP contribution in [0, 0.1) is 12.8 Å². The van der Waals surface area contributed by atoms with E-state index in [4.69, 9.17) is 9.26 Å². The molecule has 0 unspecified atom stereocenters. The Morgan fingerprint density at radius 1 is 1.30 bits per heavy atom. The second-order valence-electron chi connectivity index (χ2n) is 7.39. The molecule has 0 spiro atoms. The standard InChI is InChI=1S/C21H29N3O3/c1-16-19(15-26-3)20(22-27-16)21(25)23(2)13-18-9-11-24(12-10-18)14-17-7-5-4-6-8-17/h4-8,18H,9-15H2,1-3H3. The summed E-state index contributed by atoms with van der Waals surface area (Å²) < 4.78 is 10.4. The fourth-order valence-electron chi connectivity index (χ4n) is 3.69. The summed E-state index contributed by atoms with van der Waals surface area (Å²) in [6.45, 7) is 6.03. The number of ether oxygens (including phenoxy) is 1. The van der Waals surface area contributed by atoms with Gasteiger partial charge in [-0.2, -0.15) is 0 Å². The van der Waals surface area contributed by atoms with Crippen LogP contribution in [-0.2, 0) is 17.9 Å². The number of carbonyl (C=O) groups excluding carboxylic acids is 1. The Hall–Kier alpha value is -2.18. The van der Waals surface area contributed by atoms with E-state index in [9.17, 15) is 4.79 Å². The number of piperidine rings is 1. The Kier molecular flexibility index (Phi) is 6.63. The topological polar surface area (TPSA) is 58.8 Å². The highest BCUT2D eigenvalue weighted by Gasteiger charge is 2.26. The first-order valence-electron chi connectivity index (χ1n) is 9.54. The average molecular weight is 371 g/mol. The summed E-state index contributed by atoms with van der Waals surface area (Å²) in [4.78, 5) is 17.0. The SMILES string of the molecule is COCc1c(C(=O)N(C)CC2CCN(Cc3ccccc3)CC2)noc1C. The third-order valence-electron chi connectivity index (χ3n) is 5.31. The number of methoxy groups -OCH3 is 1. The van der Waals surface area contributed by atoms with Crippen LogP contribution in [0.25, 0.3) is 0 Å². The van der Waals surface area contributed by atoms with Crippen LogP contribution in [0.1, 0.15) is 40.2 Å². The van der Waals surface area contributed by atoms with Crippen molar-refractivity contribution in [2.45, 2.75) is 32.9 Å². The van der Waals surface area contributed by atoms with Crippen molar-refractivity contribution < 1.29 is 14.1 Å². The van der Waals surface area contributed by atoms with Gasteiger partial charge in [0.2, 0.25) is 0 Å². The van der Waals surface area contributed by atoms with Crippen LogP contribution in [0.2, 0.25) is 0 Å². The number of hydrogen-bond donors (Lipinski definition) is 0. The van der Waals surface area contributed by atoms with Crippen molar-refractivity contribution in [2.75, 3.05) is 33.8 Å². The van der Waals surface area contributed by atoms with E-state index in [-0.39, 0.29) is 5.91 Å². The largest absolute Gasteiger partial charge is 0.380 e. The summed E-state index contributed by atoms with van der Waals surface area (Å²) in [6, 6.07) is 10.6. The minimum Gasteiger partial charge on any atom is -0.380 e. The molecule has 1 aliphatic heterocycles. The molecule has 2 aromatic rings. The first kappa shape index (κ1) is 19.6. The van der Waals surface area contributed by atoms with Gasteiger partial charge in [0.25, 0.3) is 5.91 Å². The van der Waals surface area contributed by atoms with Gasteiger partial charge in [-0.05, 0) is 44.3 Å². The van der Waals surface area contributed by atoms with Crippen LogP contribution in [0.3, 0.4) is 0 Å². The van der Waals surface area contributed by atoms with E-state index in [0.717, 1.165) is 44.6 Å². The van der Waals surface area contributed by atoms with Crippen LogP contribution in [-0.4, -0.2) is 54.7 Å². The zero-order chi connectivity index (χ0) is 19.2. The first-order chi connectivity index (χ1) is 13.1. The van der Waals surface area contributed by atoms with Gasteiger partial charge in [-0.3, -0.25) is 9.69 Å². The van der Waals surface area contributed by atoms with Gasteiger partial charge < -0.3 is 14.2 Å². The summed E-state index contributed by atoms with van der Waals surface area (Å²) in [7, 11) is 3.45. The predicted octanol–water partition coefficient (Wildman–Crippen LogP) is 3.11. The molecule has 0 aliphatic carbocycles. The van der Waals surface area contributed by atoms with E-state index in [1.54, 1.807) is 18.9 Å². The number of rotatable bonds is 7. The number of likely N-dealkylation sites (tertiary alicyclic amines) is 1. The second kappa shape index (κ2) is 9.15. The number of amides is 1. The van der Waals surface area contributed by atoms with Gasteiger partial charge in [0.05, 0.1) is 12.2 Å². The van der Waals surface area contributed by atoms with Crippen molar-refractivity contribution in [3.05, 3.63) is 52.9 Å². The molecule has 0 saturated carbocycles. The Morgan fingerprint density at radius 3 is 2.67 bits per heavy atom. The van der Waals surface area contributed by atoms with Gasteiger partial charge in [0.15, 0.2) is 5.69 Å². The van der Waals surface area contributed by atoms with E-state index in [1.165, 1.54) is 5.56 Å². The third-order valence-corrected chi connectivity index (χ3v) is 5.31. The van der Waals surface area contributed by atoms with Crippen molar-refractivity contribution in [1.82, 2.24) is 15.0 Å². The summed E-state index contributed by atoms with van der Waals surface area (Å²) in [6.07, 6.45) is 2.21. The van der Waals surface area contributed by atoms with Gasteiger partial charge in [-0.15, -0.1) is 0 Å². The summed E-state index contributed by atoms with van der Waals surface area (Å²) in [5, 5.41) is 3.95. The lowest BCUT2D eigenvalue weighted by Crippen LogP contribution is -2.39. The molecule has 0 N–H and O–H groups in total. The Bertz CT molecular complexity index is 736. The Morgan fingerprint density at radius 2 is 2.00 bits per heavy atom. The molecule has 1 amide bonds. The van der Waals surface area contributed by atoms with Crippen molar-refractivity contribution in [1.29, 1.82) is 0 Å². The molecular formula is C21H29N3O3. The third kappa shape index (κ3) is 4.96. The lowest BCUT2D eigenvalue weighted by Gasteiger charge is -2.33. The van der Waals surface area contributed by atoms with Gasteiger partial charge >= 0.3 is 0 Å². The normalized spacial score (nSPS) is 15.8. The fourth-order valence-corrected chi connectivity index (χ4v) is 3.69. The monoisotopic (exact) mass is 371 g/mol. The van der Waals surface area contributed by atoms with Crippen LogP contribution in [0.15, 0.2) is 34.9 Å². The lowest BCUT2D eigenvalue weighted by molar-refractivity contribution is 0.0723. The van der Waals surface area contributed by atoms with Crippen LogP contribution < -0.4 is 0 Å². The summed E-state index contributed by atoms with van der Waals surface area (Å²) >= 11 is 0. The predicted molar refractivity (Wildman–Crippen MR) is 103 cm³/mol. The first-order valence-corrected chi connectivity index (χ1v) is 9.54. The number of carbonyl (C=O) groups is 1. The number of aryl methyl sites for hydroxylation is 1. The fraction of sp³-hybridized carbons (Fsp3) is 0.524. The number of nitrogens with zero attached hydrogens (tertiary/aromatic N) is 3.